The van der Waals surface area contributed by atoms with Crippen LogP contribution in [0.15, 0.2) is 24.3 Å². The minimum absolute atomic E-state index is 0.00535. The van der Waals surface area contributed by atoms with Crippen molar-refractivity contribution in [2.45, 2.75) is 18.9 Å². The highest BCUT2D eigenvalue weighted by Crippen LogP contribution is 2.26. The summed E-state index contributed by atoms with van der Waals surface area (Å²) in [5.41, 5.74) is 0.664. The summed E-state index contributed by atoms with van der Waals surface area (Å²) in [4.78, 5) is 23.7. The molecule has 1 aliphatic heterocycles. The van der Waals surface area contributed by atoms with Gasteiger partial charge in [-0.3, -0.25) is 9.69 Å². The lowest BCUT2D eigenvalue weighted by molar-refractivity contribution is -0.137. The fourth-order valence-electron chi connectivity index (χ4n) is 1.88. The predicted octanol–water partition coefficient (Wildman–Crippen LogP) is 2.53. The number of anilines is 1. The third kappa shape index (κ3) is 2.73. The van der Waals surface area contributed by atoms with Gasteiger partial charge in [-0.2, -0.15) is 0 Å². The Morgan fingerprint density at radius 3 is 2.72 bits per heavy atom. The molecule has 2 rings (SSSR count). The van der Waals surface area contributed by atoms with Gasteiger partial charge in [0.1, 0.15) is 6.61 Å². The summed E-state index contributed by atoms with van der Waals surface area (Å²) < 4.78 is 4.96. The maximum Gasteiger partial charge on any atom is 0.414 e. The summed E-state index contributed by atoms with van der Waals surface area (Å²) in [5, 5.41) is 9.25. The van der Waals surface area contributed by atoms with Crippen LogP contribution in [0.2, 0.25) is 5.02 Å². The molecule has 96 valence electrons. The molecule has 1 saturated heterocycles. The second-order valence-electron chi connectivity index (χ2n) is 4.01. The fourth-order valence-corrected chi connectivity index (χ4v) is 2.01. The normalized spacial score (nSPS) is 18.8. The maximum absolute atomic E-state index is 11.6. The van der Waals surface area contributed by atoms with Gasteiger partial charge in [-0.1, -0.05) is 11.6 Å². The van der Waals surface area contributed by atoms with E-state index in [2.05, 4.69) is 0 Å². The van der Waals surface area contributed by atoms with Gasteiger partial charge in [0.15, 0.2) is 0 Å². The molecule has 0 bridgehead atoms. The van der Waals surface area contributed by atoms with E-state index < -0.39 is 12.1 Å². The summed E-state index contributed by atoms with van der Waals surface area (Å²) >= 11 is 5.78. The highest BCUT2D eigenvalue weighted by atomic mass is 35.5. The molecule has 6 heteroatoms. The lowest BCUT2D eigenvalue weighted by Gasteiger charge is -2.20. The van der Waals surface area contributed by atoms with Crippen LogP contribution >= 0.6 is 11.6 Å². The van der Waals surface area contributed by atoms with Crippen molar-refractivity contribution in [1.29, 1.82) is 0 Å². The van der Waals surface area contributed by atoms with Gasteiger partial charge in [0.05, 0.1) is 6.04 Å². The molecule has 1 amide bonds. The number of benzene rings is 1. The Labute approximate surface area is 109 Å². The Kier molecular flexibility index (Phi) is 3.72. The van der Waals surface area contributed by atoms with E-state index in [4.69, 9.17) is 21.4 Å². The largest absolute Gasteiger partial charge is 0.481 e. The second kappa shape index (κ2) is 5.27. The molecule has 1 heterocycles. The number of carboxylic acids is 1. The van der Waals surface area contributed by atoms with E-state index in [1.165, 1.54) is 4.90 Å². The molecule has 0 saturated carbocycles. The lowest BCUT2D eigenvalue weighted by Crippen LogP contribution is -2.33. The van der Waals surface area contributed by atoms with Crippen LogP contribution in [-0.2, 0) is 9.53 Å². The van der Waals surface area contributed by atoms with Gasteiger partial charge in [0.25, 0.3) is 0 Å². The molecular weight excluding hydrogens is 258 g/mol. The molecule has 1 unspecified atom stereocenters. The lowest BCUT2D eigenvalue weighted by atomic mass is 10.1. The number of halogens is 1. The van der Waals surface area contributed by atoms with E-state index in [0.29, 0.717) is 17.1 Å². The molecular formula is C12H12ClNO4. The van der Waals surface area contributed by atoms with E-state index in [0.717, 1.165) is 0 Å². The van der Waals surface area contributed by atoms with Gasteiger partial charge < -0.3 is 9.84 Å². The summed E-state index contributed by atoms with van der Waals surface area (Å²) in [6.07, 6.45) is -0.0811. The van der Waals surface area contributed by atoms with Crippen LogP contribution < -0.4 is 4.90 Å². The predicted molar refractivity (Wildman–Crippen MR) is 65.9 cm³/mol. The number of carboxylic acid groups (broad SMARTS) is 1. The topological polar surface area (TPSA) is 66.8 Å². The van der Waals surface area contributed by atoms with Crippen molar-refractivity contribution < 1.29 is 19.4 Å². The molecule has 1 aromatic rings. The monoisotopic (exact) mass is 269 g/mol. The molecule has 1 atom stereocenters. The van der Waals surface area contributed by atoms with E-state index in [1.807, 2.05) is 0 Å². The molecule has 1 N–H and O–H groups in total. The van der Waals surface area contributed by atoms with E-state index >= 15 is 0 Å². The summed E-state index contributed by atoms with van der Waals surface area (Å²) in [6, 6.07) is 6.54. The first kappa shape index (κ1) is 12.7. The molecule has 1 aromatic carbocycles. The quantitative estimate of drug-likeness (QED) is 0.912. The van der Waals surface area contributed by atoms with Gasteiger partial charge in [-0.25, -0.2) is 4.79 Å². The number of hydrogen-bond donors (Lipinski definition) is 1. The zero-order chi connectivity index (χ0) is 13.1. The number of hydrogen-bond acceptors (Lipinski definition) is 3. The van der Waals surface area contributed by atoms with Crippen molar-refractivity contribution in [2.75, 3.05) is 11.5 Å². The Morgan fingerprint density at radius 1 is 1.44 bits per heavy atom. The van der Waals surface area contributed by atoms with Gasteiger partial charge in [0.2, 0.25) is 0 Å². The minimum Gasteiger partial charge on any atom is -0.481 e. The van der Waals surface area contributed by atoms with E-state index in [-0.39, 0.29) is 19.1 Å². The average Bonchev–Trinajstić information content (AvgIpc) is 2.69. The van der Waals surface area contributed by atoms with Crippen LogP contribution in [0.3, 0.4) is 0 Å². The van der Waals surface area contributed by atoms with Crippen molar-refractivity contribution in [2.24, 2.45) is 0 Å². The molecule has 0 aromatic heterocycles. The van der Waals surface area contributed by atoms with Crippen LogP contribution in [0.1, 0.15) is 12.8 Å². The van der Waals surface area contributed by atoms with E-state index in [9.17, 15) is 9.59 Å². The zero-order valence-electron chi connectivity index (χ0n) is 9.51. The van der Waals surface area contributed by atoms with Crippen LogP contribution in [-0.4, -0.2) is 29.8 Å². The van der Waals surface area contributed by atoms with Gasteiger partial charge in [0, 0.05) is 17.1 Å². The van der Waals surface area contributed by atoms with Crippen LogP contribution in [0, 0.1) is 0 Å². The van der Waals surface area contributed by atoms with Crippen LogP contribution in [0.4, 0.5) is 10.5 Å². The number of amides is 1. The number of aliphatic carboxylic acids is 1. The smallest absolute Gasteiger partial charge is 0.414 e. The fraction of sp³-hybridized carbons (Fsp3) is 0.333. The first-order chi connectivity index (χ1) is 8.58. The highest BCUT2D eigenvalue weighted by Gasteiger charge is 2.34. The molecule has 5 nitrogen and oxygen atoms in total. The van der Waals surface area contributed by atoms with Crippen molar-refractivity contribution in [1.82, 2.24) is 0 Å². The minimum atomic E-state index is -0.884. The number of rotatable bonds is 4. The van der Waals surface area contributed by atoms with Gasteiger partial charge in [-0.05, 0) is 30.7 Å². The molecule has 1 fully saturated rings. The third-order valence-corrected chi connectivity index (χ3v) is 3.01. The van der Waals surface area contributed by atoms with Crippen molar-refractivity contribution >= 4 is 29.4 Å². The molecule has 0 spiro atoms. The number of cyclic esters (lactones) is 1. The molecule has 0 radical (unpaired) electrons. The summed E-state index contributed by atoms with van der Waals surface area (Å²) in [5.74, 6) is -0.884. The maximum atomic E-state index is 11.6. The van der Waals surface area contributed by atoms with Gasteiger partial charge >= 0.3 is 12.1 Å². The Balaban J connectivity index is 2.14. The average molecular weight is 270 g/mol. The zero-order valence-corrected chi connectivity index (χ0v) is 10.3. The Morgan fingerprint density at radius 2 is 2.11 bits per heavy atom. The van der Waals surface area contributed by atoms with Crippen LogP contribution in [0.25, 0.3) is 0 Å². The number of ether oxygens (including phenoxy) is 1. The van der Waals surface area contributed by atoms with Crippen molar-refractivity contribution in [3.8, 4) is 0 Å². The third-order valence-electron chi connectivity index (χ3n) is 2.76. The van der Waals surface area contributed by atoms with Crippen LogP contribution in [0.5, 0.6) is 0 Å². The number of carbonyl (C=O) groups is 2. The SMILES string of the molecule is O=C(O)CCC1COC(=O)N1c1ccc(Cl)cc1. The first-order valence-corrected chi connectivity index (χ1v) is 5.89. The van der Waals surface area contributed by atoms with Crippen molar-refractivity contribution in [3.05, 3.63) is 29.3 Å². The number of nitrogens with zero attached hydrogens (tertiary/aromatic N) is 1. The second-order valence-corrected chi connectivity index (χ2v) is 4.45. The molecule has 1 aliphatic rings. The number of carbonyl (C=O) groups excluding carboxylic acids is 1. The standard InChI is InChI=1S/C12H12ClNO4/c13-8-1-3-9(4-2-8)14-10(5-6-11(15)16)7-18-12(14)17/h1-4,10H,5-7H2,(H,15,16). The van der Waals surface area contributed by atoms with Crippen molar-refractivity contribution in [3.63, 3.8) is 0 Å². The summed E-state index contributed by atoms with van der Waals surface area (Å²) in [6.45, 7) is 0.217. The Hall–Kier alpha value is -1.75. The Bertz CT molecular complexity index is 460. The first-order valence-electron chi connectivity index (χ1n) is 5.51. The highest BCUT2D eigenvalue weighted by molar-refractivity contribution is 6.30. The molecule has 18 heavy (non-hydrogen) atoms. The summed E-state index contributed by atoms with van der Waals surface area (Å²) in [7, 11) is 0. The van der Waals surface area contributed by atoms with E-state index in [1.54, 1.807) is 24.3 Å². The van der Waals surface area contributed by atoms with Gasteiger partial charge in [-0.15, -0.1) is 0 Å². The molecule has 0 aliphatic carbocycles.